The van der Waals surface area contributed by atoms with Crippen LogP contribution in [-0.4, -0.2) is 46.9 Å². The predicted molar refractivity (Wildman–Crippen MR) is 82.5 cm³/mol. The van der Waals surface area contributed by atoms with Crippen LogP contribution in [-0.2, 0) is 9.59 Å². The van der Waals surface area contributed by atoms with Crippen LogP contribution in [0.1, 0.15) is 52.4 Å². The standard InChI is InChI=1S/C15H24N4O4/c1-10(2)16-13(22)17-11(20)9-19-12(21)15(18-14(19)23)7-5-3-4-6-8-15/h10H,3-9H2,1-2H3,(H,18,23)(H2,16,17,20,22). The van der Waals surface area contributed by atoms with E-state index in [1.807, 2.05) is 0 Å². The minimum absolute atomic E-state index is 0.117. The van der Waals surface area contributed by atoms with Gasteiger partial charge in [-0.25, -0.2) is 9.59 Å². The van der Waals surface area contributed by atoms with Crippen LogP contribution in [0.15, 0.2) is 0 Å². The van der Waals surface area contributed by atoms with Crippen LogP contribution < -0.4 is 16.0 Å². The summed E-state index contributed by atoms with van der Waals surface area (Å²) in [6.07, 6.45) is 5.04. The van der Waals surface area contributed by atoms with Gasteiger partial charge in [0, 0.05) is 6.04 Å². The van der Waals surface area contributed by atoms with Crippen LogP contribution in [0.3, 0.4) is 0 Å². The molecule has 1 aliphatic heterocycles. The summed E-state index contributed by atoms with van der Waals surface area (Å²) in [6, 6.07) is -1.31. The van der Waals surface area contributed by atoms with Crippen molar-refractivity contribution in [2.45, 2.75) is 64.0 Å². The van der Waals surface area contributed by atoms with Gasteiger partial charge in [0.25, 0.3) is 5.91 Å². The minimum Gasteiger partial charge on any atom is -0.336 e. The van der Waals surface area contributed by atoms with Crippen LogP contribution in [0.5, 0.6) is 0 Å². The predicted octanol–water partition coefficient (Wildman–Crippen LogP) is 0.865. The molecule has 2 aliphatic rings. The van der Waals surface area contributed by atoms with E-state index in [0.717, 1.165) is 30.6 Å². The molecule has 1 aliphatic carbocycles. The highest BCUT2D eigenvalue weighted by molar-refractivity contribution is 6.10. The van der Waals surface area contributed by atoms with E-state index in [9.17, 15) is 19.2 Å². The first-order valence-corrected chi connectivity index (χ1v) is 8.08. The Bertz CT molecular complexity index is 510. The van der Waals surface area contributed by atoms with Crippen molar-refractivity contribution in [1.82, 2.24) is 20.9 Å². The van der Waals surface area contributed by atoms with Gasteiger partial charge < -0.3 is 10.6 Å². The number of carbonyl (C=O) groups excluding carboxylic acids is 4. The molecular weight excluding hydrogens is 300 g/mol. The summed E-state index contributed by atoms with van der Waals surface area (Å²) in [5, 5.41) is 7.39. The average Bonchev–Trinajstić information content (AvgIpc) is 2.63. The highest BCUT2D eigenvalue weighted by atomic mass is 16.2. The van der Waals surface area contributed by atoms with E-state index in [-0.39, 0.29) is 11.9 Å². The number of nitrogens with one attached hydrogen (secondary N) is 3. The largest absolute Gasteiger partial charge is 0.336 e. The van der Waals surface area contributed by atoms with E-state index in [1.54, 1.807) is 13.8 Å². The molecular formula is C15H24N4O4. The molecule has 6 amide bonds. The molecule has 2 fully saturated rings. The summed E-state index contributed by atoms with van der Waals surface area (Å²) in [5.41, 5.74) is -0.867. The lowest BCUT2D eigenvalue weighted by Gasteiger charge is -2.24. The van der Waals surface area contributed by atoms with Crippen molar-refractivity contribution in [2.75, 3.05) is 6.54 Å². The van der Waals surface area contributed by atoms with Gasteiger partial charge in [-0.1, -0.05) is 25.7 Å². The monoisotopic (exact) mass is 324 g/mol. The molecule has 1 saturated heterocycles. The second-order valence-electron chi connectivity index (χ2n) is 6.49. The van der Waals surface area contributed by atoms with Crippen molar-refractivity contribution in [3.63, 3.8) is 0 Å². The van der Waals surface area contributed by atoms with Crippen molar-refractivity contribution >= 4 is 23.9 Å². The number of hydrogen-bond acceptors (Lipinski definition) is 4. The van der Waals surface area contributed by atoms with Crippen molar-refractivity contribution in [2.24, 2.45) is 0 Å². The van der Waals surface area contributed by atoms with Crippen molar-refractivity contribution in [1.29, 1.82) is 0 Å². The van der Waals surface area contributed by atoms with Gasteiger partial charge in [-0.3, -0.25) is 19.8 Å². The summed E-state index contributed by atoms with van der Waals surface area (Å²) in [4.78, 5) is 49.0. The molecule has 0 atom stereocenters. The number of nitrogens with zero attached hydrogens (tertiary/aromatic N) is 1. The molecule has 0 aromatic carbocycles. The lowest BCUT2D eigenvalue weighted by Crippen LogP contribution is -2.49. The Hall–Kier alpha value is -2.12. The average molecular weight is 324 g/mol. The SMILES string of the molecule is CC(C)NC(=O)NC(=O)CN1C(=O)NC2(CCCCCC2)C1=O. The van der Waals surface area contributed by atoms with Crippen molar-refractivity contribution in [3.8, 4) is 0 Å². The van der Waals surface area contributed by atoms with E-state index < -0.39 is 30.1 Å². The molecule has 23 heavy (non-hydrogen) atoms. The zero-order valence-electron chi connectivity index (χ0n) is 13.6. The van der Waals surface area contributed by atoms with Crippen LogP contribution >= 0.6 is 0 Å². The van der Waals surface area contributed by atoms with Gasteiger partial charge in [-0.2, -0.15) is 0 Å². The van der Waals surface area contributed by atoms with Gasteiger partial charge in [0.05, 0.1) is 0 Å². The van der Waals surface area contributed by atoms with Gasteiger partial charge in [0.2, 0.25) is 5.91 Å². The first-order valence-electron chi connectivity index (χ1n) is 8.08. The van der Waals surface area contributed by atoms with Crippen molar-refractivity contribution < 1.29 is 19.2 Å². The first kappa shape index (κ1) is 17.2. The number of imide groups is 2. The van der Waals surface area contributed by atoms with Gasteiger partial charge in [0.1, 0.15) is 12.1 Å². The van der Waals surface area contributed by atoms with Crippen LogP contribution in [0.25, 0.3) is 0 Å². The van der Waals surface area contributed by atoms with Gasteiger partial charge in [-0.15, -0.1) is 0 Å². The molecule has 128 valence electrons. The third kappa shape index (κ3) is 4.00. The van der Waals surface area contributed by atoms with Crippen LogP contribution in [0.4, 0.5) is 9.59 Å². The minimum atomic E-state index is -0.867. The Kier molecular flexibility index (Phi) is 5.23. The number of hydrogen-bond donors (Lipinski definition) is 3. The van der Waals surface area contributed by atoms with E-state index in [1.165, 1.54) is 0 Å². The fraction of sp³-hybridized carbons (Fsp3) is 0.733. The Morgan fingerprint density at radius 2 is 1.78 bits per heavy atom. The molecule has 8 nitrogen and oxygen atoms in total. The molecule has 0 aromatic heterocycles. The second-order valence-corrected chi connectivity index (χ2v) is 6.49. The molecule has 1 saturated carbocycles. The smallest absolute Gasteiger partial charge is 0.325 e. The molecule has 8 heteroatoms. The fourth-order valence-corrected chi connectivity index (χ4v) is 3.10. The Balaban J connectivity index is 1.97. The van der Waals surface area contributed by atoms with Crippen LogP contribution in [0, 0.1) is 0 Å². The molecule has 0 radical (unpaired) electrons. The van der Waals surface area contributed by atoms with E-state index in [2.05, 4.69) is 16.0 Å². The lowest BCUT2D eigenvalue weighted by atomic mass is 9.90. The Morgan fingerprint density at radius 1 is 1.17 bits per heavy atom. The Morgan fingerprint density at radius 3 is 2.35 bits per heavy atom. The zero-order chi connectivity index (χ0) is 17.0. The second kappa shape index (κ2) is 6.97. The van der Waals surface area contributed by atoms with Crippen LogP contribution in [0.2, 0.25) is 0 Å². The topological polar surface area (TPSA) is 108 Å². The number of urea groups is 2. The summed E-state index contributed by atoms with van der Waals surface area (Å²) >= 11 is 0. The maximum atomic E-state index is 12.6. The van der Waals surface area contributed by atoms with E-state index in [4.69, 9.17) is 0 Å². The summed E-state index contributed by atoms with van der Waals surface area (Å²) in [6.45, 7) is 3.08. The summed E-state index contributed by atoms with van der Waals surface area (Å²) in [5.74, 6) is -1.04. The van der Waals surface area contributed by atoms with Gasteiger partial charge in [-0.05, 0) is 26.7 Å². The molecule has 1 heterocycles. The fourth-order valence-electron chi connectivity index (χ4n) is 3.10. The van der Waals surface area contributed by atoms with E-state index >= 15 is 0 Å². The maximum Gasteiger partial charge on any atom is 0.325 e. The third-order valence-electron chi connectivity index (χ3n) is 4.18. The van der Waals surface area contributed by atoms with E-state index in [0.29, 0.717) is 12.8 Å². The molecule has 0 bridgehead atoms. The lowest BCUT2D eigenvalue weighted by molar-refractivity contribution is -0.135. The summed E-state index contributed by atoms with van der Waals surface area (Å²) < 4.78 is 0. The number of carbonyl (C=O) groups is 4. The molecule has 0 unspecified atom stereocenters. The molecule has 1 spiro atoms. The normalized spacial score (nSPS) is 20.4. The molecule has 2 rings (SSSR count). The zero-order valence-corrected chi connectivity index (χ0v) is 13.6. The summed E-state index contributed by atoms with van der Waals surface area (Å²) in [7, 11) is 0. The maximum absolute atomic E-state index is 12.6. The molecule has 3 N–H and O–H groups in total. The molecule has 0 aromatic rings. The first-order chi connectivity index (χ1) is 10.8. The van der Waals surface area contributed by atoms with Gasteiger partial charge >= 0.3 is 12.1 Å². The Labute approximate surface area is 135 Å². The third-order valence-corrected chi connectivity index (χ3v) is 4.18. The quantitative estimate of drug-likeness (QED) is 0.669. The highest BCUT2D eigenvalue weighted by Crippen LogP contribution is 2.32. The van der Waals surface area contributed by atoms with Crippen molar-refractivity contribution in [3.05, 3.63) is 0 Å². The van der Waals surface area contributed by atoms with Gasteiger partial charge in [0.15, 0.2) is 0 Å². The highest BCUT2D eigenvalue weighted by Gasteiger charge is 2.51. The number of rotatable bonds is 3. The number of amides is 6.